The van der Waals surface area contributed by atoms with Crippen molar-refractivity contribution in [3.8, 4) is 0 Å². The highest BCUT2D eigenvalue weighted by atomic mass is 16.6. The fourth-order valence-corrected chi connectivity index (χ4v) is 1.49. The van der Waals surface area contributed by atoms with Crippen LogP contribution in [0.4, 0.5) is 0 Å². The summed E-state index contributed by atoms with van der Waals surface area (Å²) in [7, 11) is 0. The summed E-state index contributed by atoms with van der Waals surface area (Å²) in [6.45, 7) is 3.20. The van der Waals surface area contributed by atoms with Gasteiger partial charge in [0.25, 0.3) is 0 Å². The molecule has 2 N–H and O–H groups in total. The first kappa shape index (κ1) is 9.11. The van der Waals surface area contributed by atoms with Gasteiger partial charge in [0.1, 0.15) is 5.52 Å². The Morgan fingerprint density at radius 3 is 3.07 bits per heavy atom. The molecule has 0 aliphatic carbocycles. The van der Waals surface area contributed by atoms with Crippen molar-refractivity contribution in [1.29, 1.82) is 0 Å². The minimum absolute atomic E-state index is 0.361. The molecule has 0 spiro atoms. The van der Waals surface area contributed by atoms with Crippen LogP contribution in [-0.4, -0.2) is 15.0 Å². The Morgan fingerprint density at radius 1 is 1.50 bits per heavy atom. The molecular weight excluding hydrogens is 180 g/mol. The summed E-state index contributed by atoms with van der Waals surface area (Å²) < 4.78 is 1.84. The Bertz CT molecular complexity index is 437. The molecule has 2 rings (SSSR count). The number of aryl methyl sites for hydroxylation is 1. The van der Waals surface area contributed by atoms with E-state index in [1.807, 2.05) is 29.8 Å². The lowest BCUT2D eigenvalue weighted by Gasteiger charge is -2.00. The number of nitrogens with two attached hydrogens (primary N) is 1. The first-order valence-electron chi connectivity index (χ1n) is 4.49. The van der Waals surface area contributed by atoms with Gasteiger partial charge in [-0.05, 0) is 13.0 Å². The summed E-state index contributed by atoms with van der Waals surface area (Å²) in [5, 5.41) is 8.11. The van der Waals surface area contributed by atoms with E-state index >= 15 is 0 Å². The molecule has 74 valence electrons. The van der Waals surface area contributed by atoms with Gasteiger partial charge in [-0.15, -0.1) is 5.10 Å². The van der Waals surface area contributed by atoms with E-state index in [2.05, 4.69) is 15.1 Å². The van der Waals surface area contributed by atoms with Crippen molar-refractivity contribution < 1.29 is 4.84 Å². The normalized spacial score (nSPS) is 11.0. The van der Waals surface area contributed by atoms with Crippen molar-refractivity contribution in [2.45, 2.75) is 20.1 Å². The Morgan fingerprint density at radius 2 is 2.36 bits per heavy atom. The quantitative estimate of drug-likeness (QED) is 0.732. The van der Waals surface area contributed by atoms with Crippen LogP contribution in [0.15, 0.2) is 18.2 Å². The number of aromatic nitrogens is 3. The van der Waals surface area contributed by atoms with E-state index in [1.54, 1.807) is 0 Å². The van der Waals surface area contributed by atoms with Crippen LogP contribution in [0, 0.1) is 0 Å². The van der Waals surface area contributed by atoms with E-state index in [0.29, 0.717) is 6.61 Å². The summed E-state index contributed by atoms with van der Waals surface area (Å²) >= 11 is 0. The molecule has 0 aliphatic heterocycles. The third-order valence-corrected chi connectivity index (χ3v) is 2.17. The molecule has 0 atom stereocenters. The molecule has 0 bridgehead atoms. The largest absolute Gasteiger partial charge is 0.300 e. The van der Waals surface area contributed by atoms with Crippen LogP contribution in [0.2, 0.25) is 0 Å². The molecule has 0 fully saturated rings. The van der Waals surface area contributed by atoms with Crippen molar-refractivity contribution in [2.75, 3.05) is 0 Å². The first-order chi connectivity index (χ1) is 6.86. The molecular formula is C9H12N4O. The van der Waals surface area contributed by atoms with Crippen molar-refractivity contribution in [3.05, 3.63) is 23.8 Å². The zero-order valence-corrected chi connectivity index (χ0v) is 7.97. The molecule has 5 nitrogen and oxygen atoms in total. The predicted octanol–water partition coefficient (Wildman–Crippen LogP) is 0.841. The molecule has 14 heavy (non-hydrogen) atoms. The zero-order chi connectivity index (χ0) is 9.97. The van der Waals surface area contributed by atoms with Gasteiger partial charge in [0, 0.05) is 12.1 Å². The minimum atomic E-state index is 0.361. The molecule has 0 saturated heterocycles. The maximum atomic E-state index is 5.04. The average molecular weight is 192 g/mol. The van der Waals surface area contributed by atoms with Gasteiger partial charge in [0.2, 0.25) is 0 Å². The maximum absolute atomic E-state index is 5.04. The standard InChI is InChI=1S/C9H12N4O/c1-2-13-8-5-3-4-7(6-14-10)9(8)11-12-13/h3-5H,2,6,10H2,1H3. The van der Waals surface area contributed by atoms with E-state index in [0.717, 1.165) is 23.1 Å². The molecule has 1 aromatic carbocycles. The summed E-state index contributed by atoms with van der Waals surface area (Å²) in [5.41, 5.74) is 2.84. The highest BCUT2D eigenvalue weighted by molar-refractivity contribution is 5.77. The third-order valence-electron chi connectivity index (χ3n) is 2.17. The van der Waals surface area contributed by atoms with Gasteiger partial charge in [-0.25, -0.2) is 10.6 Å². The smallest absolute Gasteiger partial charge is 0.118 e. The highest BCUT2D eigenvalue weighted by Gasteiger charge is 2.06. The highest BCUT2D eigenvalue weighted by Crippen LogP contribution is 2.16. The van der Waals surface area contributed by atoms with Crippen molar-refractivity contribution in [2.24, 2.45) is 5.90 Å². The summed E-state index contributed by atoms with van der Waals surface area (Å²) in [4.78, 5) is 4.60. The molecule has 1 aromatic heterocycles. The third kappa shape index (κ3) is 1.36. The van der Waals surface area contributed by atoms with E-state index in [4.69, 9.17) is 5.90 Å². The monoisotopic (exact) mass is 192 g/mol. The van der Waals surface area contributed by atoms with Gasteiger partial charge in [0.15, 0.2) is 0 Å². The minimum Gasteiger partial charge on any atom is -0.300 e. The SMILES string of the molecule is CCn1nnc2c(CON)cccc21. The number of hydrogen-bond acceptors (Lipinski definition) is 4. The molecule has 0 radical (unpaired) electrons. The maximum Gasteiger partial charge on any atom is 0.118 e. The van der Waals surface area contributed by atoms with Gasteiger partial charge in [0.05, 0.1) is 12.1 Å². The van der Waals surface area contributed by atoms with Crippen LogP contribution >= 0.6 is 0 Å². The molecule has 0 aliphatic rings. The Balaban J connectivity index is 2.58. The second-order valence-electron chi connectivity index (χ2n) is 3.00. The molecule has 2 aromatic rings. The van der Waals surface area contributed by atoms with E-state index in [-0.39, 0.29) is 0 Å². The van der Waals surface area contributed by atoms with Crippen LogP contribution in [0.3, 0.4) is 0 Å². The van der Waals surface area contributed by atoms with Gasteiger partial charge in [-0.3, -0.25) is 4.84 Å². The topological polar surface area (TPSA) is 66.0 Å². The van der Waals surface area contributed by atoms with Crippen molar-refractivity contribution >= 4 is 11.0 Å². The van der Waals surface area contributed by atoms with Crippen LogP contribution in [0.1, 0.15) is 12.5 Å². The lowest BCUT2D eigenvalue weighted by molar-refractivity contribution is 0.125. The lowest BCUT2D eigenvalue weighted by atomic mass is 10.2. The Kier molecular flexibility index (Phi) is 2.43. The first-order valence-corrected chi connectivity index (χ1v) is 4.49. The van der Waals surface area contributed by atoms with E-state index in [9.17, 15) is 0 Å². The zero-order valence-electron chi connectivity index (χ0n) is 7.97. The van der Waals surface area contributed by atoms with E-state index < -0.39 is 0 Å². The van der Waals surface area contributed by atoms with Crippen LogP contribution < -0.4 is 5.90 Å². The van der Waals surface area contributed by atoms with Crippen molar-refractivity contribution in [1.82, 2.24) is 15.0 Å². The van der Waals surface area contributed by atoms with Crippen LogP contribution in [0.25, 0.3) is 11.0 Å². The lowest BCUT2D eigenvalue weighted by Crippen LogP contribution is -1.99. The number of rotatable bonds is 3. The van der Waals surface area contributed by atoms with Gasteiger partial charge in [-0.2, -0.15) is 0 Å². The molecule has 0 amide bonds. The van der Waals surface area contributed by atoms with Gasteiger partial charge >= 0.3 is 0 Å². The second kappa shape index (κ2) is 3.73. The second-order valence-corrected chi connectivity index (χ2v) is 3.00. The molecule has 5 heteroatoms. The summed E-state index contributed by atoms with van der Waals surface area (Å²) in [6.07, 6.45) is 0. The Hall–Kier alpha value is -1.46. The average Bonchev–Trinajstić information content (AvgIpc) is 2.62. The van der Waals surface area contributed by atoms with Crippen LogP contribution in [-0.2, 0) is 18.0 Å². The number of hydrogen-bond donors (Lipinski definition) is 1. The number of fused-ring (bicyclic) bond motifs is 1. The van der Waals surface area contributed by atoms with Gasteiger partial charge < -0.3 is 0 Å². The summed E-state index contributed by atoms with van der Waals surface area (Å²) in [6, 6.07) is 5.87. The molecule has 1 heterocycles. The molecule has 0 unspecified atom stereocenters. The Labute approximate surface area is 81.4 Å². The van der Waals surface area contributed by atoms with E-state index in [1.165, 1.54) is 0 Å². The van der Waals surface area contributed by atoms with Gasteiger partial charge in [-0.1, -0.05) is 17.3 Å². The fourth-order valence-electron chi connectivity index (χ4n) is 1.49. The number of benzene rings is 1. The molecule has 0 saturated carbocycles. The van der Waals surface area contributed by atoms with Crippen molar-refractivity contribution in [3.63, 3.8) is 0 Å². The summed E-state index contributed by atoms with van der Waals surface area (Å²) in [5.74, 6) is 5.04. The predicted molar refractivity (Wildman–Crippen MR) is 52.2 cm³/mol. The fraction of sp³-hybridized carbons (Fsp3) is 0.333. The van der Waals surface area contributed by atoms with Crippen LogP contribution in [0.5, 0.6) is 0 Å². The number of nitrogens with zero attached hydrogens (tertiary/aromatic N) is 3.